The van der Waals surface area contributed by atoms with Gasteiger partial charge in [-0.1, -0.05) is 0 Å². The molecule has 3 N–H and O–H groups in total. The van der Waals surface area contributed by atoms with E-state index in [1.807, 2.05) is 0 Å². The van der Waals surface area contributed by atoms with Crippen LogP contribution in [0.4, 0.5) is 22.0 Å². The molecule has 1 amide bonds. The van der Waals surface area contributed by atoms with Gasteiger partial charge in [-0.25, -0.2) is 36.5 Å². The summed E-state index contributed by atoms with van der Waals surface area (Å²) in [5.41, 5.74) is 3.00. The Morgan fingerprint density at radius 3 is 2.56 bits per heavy atom. The molecule has 10 nitrogen and oxygen atoms in total. The summed E-state index contributed by atoms with van der Waals surface area (Å²) in [7, 11) is -2.85. The van der Waals surface area contributed by atoms with Crippen LogP contribution in [-0.4, -0.2) is 71.9 Å². The molecule has 2 unspecified atom stereocenters. The zero-order chi connectivity index (χ0) is 25.5. The second-order valence-corrected chi connectivity index (χ2v) is 9.70. The lowest BCUT2D eigenvalue weighted by atomic mass is 9.79. The number of hydrogen-bond acceptors (Lipinski definition) is 8. The average molecular weight is 510 g/mol. The molecule has 3 rings (SSSR count). The molecule has 186 valence electrons. The average Bonchev–Trinajstić information content (AvgIpc) is 2.72. The van der Waals surface area contributed by atoms with Gasteiger partial charge < -0.3 is 15.8 Å². The molecule has 0 bridgehead atoms. The molecule has 16 heteroatoms. The van der Waals surface area contributed by atoms with E-state index in [1.165, 1.54) is 6.92 Å². The zero-order valence-corrected chi connectivity index (χ0v) is 18.5. The molecule has 1 aromatic rings. The number of carbonyl (C=O) groups excluding carboxylic acids is 1. The highest BCUT2D eigenvalue weighted by Crippen LogP contribution is 2.41. The summed E-state index contributed by atoms with van der Waals surface area (Å²) >= 11 is 0. The molecular weight excluding hydrogens is 491 g/mol. The molecular formula is C18H19F5N6O4S. The van der Waals surface area contributed by atoms with Crippen LogP contribution in [0.5, 0.6) is 5.88 Å². The molecule has 0 aromatic carbocycles. The number of aliphatic imine (C=N–C) groups is 1. The molecule has 0 saturated carbocycles. The van der Waals surface area contributed by atoms with Gasteiger partial charge in [0.25, 0.3) is 5.91 Å². The van der Waals surface area contributed by atoms with Gasteiger partial charge >= 0.3 is 6.18 Å². The summed E-state index contributed by atoms with van der Waals surface area (Å²) in [6.07, 6.45) is -3.44. The molecule has 1 aromatic heterocycles. The van der Waals surface area contributed by atoms with Crippen molar-refractivity contribution in [2.24, 2.45) is 16.6 Å². The highest BCUT2D eigenvalue weighted by atomic mass is 32.2. The first-order chi connectivity index (χ1) is 15.6. The van der Waals surface area contributed by atoms with Crippen LogP contribution >= 0.6 is 0 Å². The number of hydrogen-bond donors (Lipinski definition) is 2. The first-order valence-electron chi connectivity index (χ1n) is 9.49. The summed E-state index contributed by atoms with van der Waals surface area (Å²) in [6.45, 7) is -0.384. The van der Waals surface area contributed by atoms with Crippen LogP contribution in [0.2, 0.25) is 0 Å². The number of ether oxygens (including phenoxy) is 1. The number of nitrogens with one attached hydrogen (secondary N) is 1. The number of nitrogens with two attached hydrogens (primary N) is 1. The summed E-state index contributed by atoms with van der Waals surface area (Å²) in [6, 6.07) is 0. The van der Waals surface area contributed by atoms with Crippen molar-refractivity contribution in [1.29, 1.82) is 0 Å². The number of halogens is 5. The largest absolute Gasteiger partial charge is 0.467 e. The highest BCUT2D eigenvalue weighted by molar-refractivity contribution is 7.89. The van der Waals surface area contributed by atoms with E-state index in [0.29, 0.717) is 4.31 Å². The van der Waals surface area contributed by atoms with Crippen molar-refractivity contribution in [2.45, 2.75) is 24.8 Å². The molecule has 0 saturated heterocycles. The van der Waals surface area contributed by atoms with E-state index >= 15 is 4.39 Å². The number of aromatic nitrogens is 2. The molecule has 0 spiro atoms. The van der Waals surface area contributed by atoms with Crippen LogP contribution in [0.15, 0.2) is 41.1 Å². The minimum Gasteiger partial charge on any atom is -0.467 e. The molecule has 34 heavy (non-hydrogen) atoms. The lowest BCUT2D eigenvalue weighted by Crippen LogP contribution is -2.56. The summed E-state index contributed by atoms with van der Waals surface area (Å²) in [5.74, 6) is -5.41. The van der Waals surface area contributed by atoms with E-state index in [-0.39, 0.29) is 0 Å². The summed E-state index contributed by atoms with van der Waals surface area (Å²) in [5, 5.41) is 2.18. The minimum absolute atomic E-state index is 0.394. The van der Waals surface area contributed by atoms with Gasteiger partial charge in [-0.3, -0.25) is 4.79 Å². The number of rotatable bonds is 5. The van der Waals surface area contributed by atoms with Gasteiger partial charge in [-0.2, -0.15) is 13.2 Å². The molecule has 2 heterocycles. The van der Waals surface area contributed by atoms with Crippen molar-refractivity contribution >= 4 is 21.9 Å². The smallest absolute Gasteiger partial charge is 0.422 e. The predicted molar refractivity (Wildman–Crippen MR) is 108 cm³/mol. The van der Waals surface area contributed by atoms with Crippen molar-refractivity contribution in [3.05, 3.63) is 41.8 Å². The summed E-state index contributed by atoms with van der Waals surface area (Å²) < 4.78 is 96.4. The molecule has 1 aliphatic carbocycles. The second kappa shape index (κ2) is 8.81. The monoisotopic (exact) mass is 510 g/mol. The fourth-order valence-electron chi connectivity index (χ4n) is 3.40. The Balaban J connectivity index is 1.77. The van der Waals surface area contributed by atoms with E-state index in [1.54, 1.807) is 0 Å². The number of carbonyl (C=O) groups is 1. The van der Waals surface area contributed by atoms with Crippen LogP contribution in [0.3, 0.4) is 0 Å². The Morgan fingerprint density at radius 2 is 2.00 bits per heavy atom. The number of guanidine groups is 1. The third-order valence-corrected chi connectivity index (χ3v) is 7.04. The Morgan fingerprint density at radius 1 is 1.32 bits per heavy atom. The van der Waals surface area contributed by atoms with E-state index in [4.69, 9.17) is 5.73 Å². The van der Waals surface area contributed by atoms with Gasteiger partial charge in [-0.05, 0) is 19.1 Å². The zero-order valence-electron chi connectivity index (χ0n) is 17.7. The van der Waals surface area contributed by atoms with Crippen LogP contribution in [0, 0.1) is 5.92 Å². The molecule has 1 aliphatic heterocycles. The molecule has 0 fully saturated rings. The first-order valence-corrected chi connectivity index (χ1v) is 11.1. The van der Waals surface area contributed by atoms with Crippen LogP contribution in [0.1, 0.15) is 17.4 Å². The van der Waals surface area contributed by atoms with E-state index in [2.05, 4.69) is 25.0 Å². The van der Waals surface area contributed by atoms with Gasteiger partial charge in [0.1, 0.15) is 11.5 Å². The van der Waals surface area contributed by atoms with Crippen LogP contribution in [0.25, 0.3) is 0 Å². The molecule has 0 radical (unpaired) electrons. The Bertz CT molecular complexity index is 1170. The Kier molecular flexibility index (Phi) is 6.56. The normalized spacial score (nSPS) is 26.8. The SMILES string of the molecule is CN1C(N)=N[C@](C)(C2C(F)=CC=C(NC(=O)c3cnc(OCC(F)(F)F)cn3)C2F)CS1(=O)=O. The fraction of sp³-hybridized carbons (Fsp3) is 0.444. The van der Waals surface area contributed by atoms with E-state index in [0.717, 1.165) is 31.6 Å². The van der Waals surface area contributed by atoms with Crippen LogP contribution < -0.4 is 15.8 Å². The predicted octanol–water partition coefficient (Wildman–Crippen LogP) is 1.20. The molecule has 2 aliphatic rings. The third kappa shape index (κ3) is 5.26. The van der Waals surface area contributed by atoms with Crippen molar-refractivity contribution in [3.63, 3.8) is 0 Å². The third-order valence-electron chi connectivity index (χ3n) is 5.07. The number of nitrogens with zero attached hydrogens (tertiary/aromatic N) is 4. The van der Waals surface area contributed by atoms with Crippen molar-refractivity contribution in [3.8, 4) is 5.88 Å². The van der Waals surface area contributed by atoms with Crippen molar-refractivity contribution in [2.75, 3.05) is 19.4 Å². The van der Waals surface area contributed by atoms with Gasteiger partial charge in [0, 0.05) is 7.05 Å². The number of alkyl halides is 4. The fourth-order valence-corrected chi connectivity index (χ4v) is 4.90. The number of sulfonamides is 1. The van der Waals surface area contributed by atoms with Gasteiger partial charge in [0.15, 0.2) is 12.8 Å². The van der Waals surface area contributed by atoms with E-state index < -0.39 is 81.2 Å². The highest BCUT2D eigenvalue weighted by Gasteiger charge is 2.51. The number of allylic oxidation sites excluding steroid dienone is 3. The van der Waals surface area contributed by atoms with Gasteiger partial charge in [0.2, 0.25) is 21.9 Å². The standard InChI is InChI=1S/C18H19F5N6O4S/c1-17(8-34(31,32)29(2)16(24)28-17)13-9(19)3-4-10(14(13)20)27-15(30)11-5-26-12(6-25-11)33-7-18(21,22)23/h3-6,13-14H,7-8H2,1-2H3,(H2,24,28)(H,27,30)/t13?,14?,17-/m0/s1. The van der Waals surface area contributed by atoms with Gasteiger partial charge in [0.05, 0.1) is 35.3 Å². The Labute approximate surface area is 190 Å². The van der Waals surface area contributed by atoms with Gasteiger partial charge in [-0.15, -0.1) is 0 Å². The first kappa shape index (κ1) is 25.3. The van der Waals surface area contributed by atoms with Crippen molar-refractivity contribution < 1.29 is 39.9 Å². The van der Waals surface area contributed by atoms with E-state index in [9.17, 15) is 30.8 Å². The maximum absolute atomic E-state index is 15.4. The van der Waals surface area contributed by atoms with Crippen LogP contribution in [-0.2, 0) is 10.0 Å². The minimum atomic E-state index is -4.60. The maximum Gasteiger partial charge on any atom is 0.422 e. The lowest BCUT2D eigenvalue weighted by molar-refractivity contribution is -0.154. The summed E-state index contributed by atoms with van der Waals surface area (Å²) in [4.78, 5) is 23.6. The number of amides is 1. The topological polar surface area (TPSA) is 140 Å². The maximum atomic E-state index is 15.4. The van der Waals surface area contributed by atoms with Crippen molar-refractivity contribution in [1.82, 2.24) is 19.6 Å². The quantitative estimate of drug-likeness (QED) is 0.568. The second-order valence-electron chi connectivity index (χ2n) is 7.70. The lowest BCUT2D eigenvalue weighted by Gasteiger charge is -2.41. The molecule has 3 atom stereocenters. The Hall–Kier alpha value is -3.30.